The molecular weight excluding hydrogens is 385 g/mol. The first-order valence-electron chi connectivity index (χ1n) is 8.42. The number of carbonyl (C=O) groups is 2. The van der Waals surface area contributed by atoms with Crippen LogP contribution in [0.3, 0.4) is 0 Å². The Morgan fingerprint density at radius 1 is 1.14 bits per heavy atom. The van der Waals surface area contributed by atoms with Crippen LogP contribution >= 0.6 is 11.6 Å². The number of ketones is 1. The van der Waals surface area contributed by atoms with Gasteiger partial charge in [0.2, 0.25) is 5.91 Å². The summed E-state index contributed by atoms with van der Waals surface area (Å²) in [5.41, 5.74) is 2.74. The summed E-state index contributed by atoms with van der Waals surface area (Å²) in [6, 6.07) is 13.6. The summed E-state index contributed by atoms with van der Waals surface area (Å²) in [5.74, 6) is -2.65. The molecule has 1 amide bonds. The van der Waals surface area contributed by atoms with Gasteiger partial charge in [0.25, 0.3) is 5.56 Å². The van der Waals surface area contributed by atoms with Gasteiger partial charge in [-0.05, 0) is 24.3 Å². The Kier molecular flexibility index (Phi) is 4.52. The molecule has 0 bridgehead atoms. The van der Waals surface area contributed by atoms with Crippen LogP contribution in [-0.2, 0) is 4.79 Å². The predicted octanol–water partition coefficient (Wildman–Crippen LogP) is 3.14. The number of hydrogen-bond donors (Lipinski definition) is 1. The second-order valence-electron chi connectivity index (χ2n) is 6.32. The molecule has 0 saturated carbocycles. The zero-order valence-corrected chi connectivity index (χ0v) is 15.1. The second-order valence-corrected chi connectivity index (χ2v) is 6.76. The standard InChI is InChI=1S/C20H13ClFN3O3/c21-12-5-3-4-11(8-12)16-10-18(27)25-19(23-16)14(20(28)24-25)9-17(26)13-6-1-2-7-15(13)22/h1-8,10,14H,9H2,(H,24,28). The normalized spacial score (nSPS) is 15.2. The number of nitrogens with zero attached hydrogens (tertiary/aromatic N) is 2. The van der Waals surface area contributed by atoms with E-state index in [1.165, 1.54) is 24.3 Å². The topological polar surface area (TPSA) is 81.1 Å². The third kappa shape index (κ3) is 3.20. The van der Waals surface area contributed by atoms with Crippen LogP contribution < -0.4 is 11.0 Å². The van der Waals surface area contributed by atoms with Crippen molar-refractivity contribution in [3.63, 3.8) is 0 Å². The molecule has 8 heteroatoms. The van der Waals surface area contributed by atoms with Crippen LogP contribution in [0.25, 0.3) is 11.3 Å². The number of rotatable bonds is 4. The number of carbonyl (C=O) groups excluding carboxylic acids is 2. The number of halogens is 2. The Balaban J connectivity index is 1.73. The van der Waals surface area contributed by atoms with Crippen LogP contribution in [0.15, 0.2) is 59.4 Å². The average Bonchev–Trinajstić information content (AvgIpc) is 2.98. The van der Waals surface area contributed by atoms with Crippen LogP contribution in [-0.4, -0.2) is 21.4 Å². The van der Waals surface area contributed by atoms with E-state index in [0.717, 1.165) is 4.68 Å². The molecule has 0 radical (unpaired) electrons. The Hall–Kier alpha value is -3.32. The van der Waals surface area contributed by atoms with E-state index in [1.807, 2.05) is 0 Å². The van der Waals surface area contributed by atoms with Gasteiger partial charge in [0.1, 0.15) is 17.6 Å². The van der Waals surface area contributed by atoms with Crippen molar-refractivity contribution in [2.75, 3.05) is 5.43 Å². The summed E-state index contributed by atoms with van der Waals surface area (Å²) in [5, 5.41) is 0.473. The van der Waals surface area contributed by atoms with Gasteiger partial charge in [-0.15, -0.1) is 0 Å². The van der Waals surface area contributed by atoms with Crippen molar-refractivity contribution in [3.8, 4) is 11.3 Å². The monoisotopic (exact) mass is 397 g/mol. The zero-order chi connectivity index (χ0) is 19.8. The highest BCUT2D eigenvalue weighted by atomic mass is 35.5. The fraction of sp³-hybridized carbons (Fsp3) is 0.100. The summed E-state index contributed by atoms with van der Waals surface area (Å²) in [6.07, 6.45) is -0.307. The minimum atomic E-state index is -1.00. The highest BCUT2D eigenvalue weighted by Crippen LogP contribution is 2.27. The summed E-state index contributed by atoms with van der Waals surface area (Å²) in [7, 11) is 0. The second kappa shape index (κ2) is 7.01. The summed E-state index contributed by atoms with van der Waals surface area (Å²) >= 11 is 6.00. The van der Waals surface area contributed by atoms with Gasteiger partial charge in [-0.25, -0.2) is 14.1 Å². The van der Waals surface area contributed by atoms with Gasteiger partial charge in [-0.2, -0.15) is 0 Å². The highest BCUT2D eigenvalue weighted by Gasteiger charge is 2.36. The Morgan fingerprint density at radius 2 is 1.93 bits per heavy atom. The van der Waals surface area contributed by atoms with Gasteiger partial charge in [-0.3, -0.25) is 19.8 Å². The maximum absolute atomic E-state index is 13.9. The molecule has 0 fully saturated rings. The average molecular weight is 398 g/mol. The Bertz CT molecular complexity index is 1180. The molecule has 1 N–H and O–H groups in total. The molecule has 0 saturated heterocycles. The molecule has 2 aromatic carbocycles. The lowest BCUT2D eigenvalue weighted by Crippen LogP contribution is -2.27. The van der Waals surface area contributed by atoms with Crippen molar-refractivity contribution in [1.82, 2.24) is 9.66 Å². The third-order valence-electron chi connectivity index (χ3n) is 4.48. The largest absolute Gasteiger partial charge is 0.294 e. The molecule has 2 heterocycles. The van der Waals surface area contributed by atoms with Crippen molar-refractivity contribution in [1.29, 1.82) is 0 Å². The maximum Gasteiger partial charge on any atom is 0.273 e. The molecule has 0 aliphatic carbocycles. The first kappa shape index (κ1) is 18.1. The lowest BCUT2D eigenvalue weighted by molar-refractivity contribution is -0.117. The quantitative estimate of drug-likeness (QED) is 0.686. The van der Waals surface area contributed by atoms with Gasteiger partial charge in [0.05, 0.1) is 11.3 Å². The van der Waals surface area contributed by atoms with E-state index in [4.69, 9.17) is 11.6 Å². The number of benzene rings is 2. The molecule has 6 nitrogen and oxygen atoms in total. The number of aromatic nitrogens is 2. The molecule has 28 heavy (non-hydrogen) atoms. The maximum atomic E-state index is 13.9. The van der Waals surface area contributed by atoms with Crippen LogP contribution in [0.5, 0.6) is 0 Å². The van der Waals surface area contributed by atoms with Crippen molar-refractivity contribution in [3.05, 3.63) is 87.2 Å². The number of amides is 1. The molecule has 1 unspecified atom stereocenters. The summed E-state index contributed by atoms with van der Waals surface area (Å²) in [6.45, 7) is 0. The van der Waals surface area contributed by atoms with Gasteiger partial charge in [0, 0.05) is 23.1 Å². The van der Waals surface area contributed by atoms with Gasteiger partial charge in [0.15, 0.2) is 5.78 Å². The van der Waals surface area contributed by atoms with Gasteiger partial charge < -0.3 is 0 Å². The zero-order valence-electron chi connectivity index (χ0n) is 14.4. The number of Topliss-reactive ketones (excluding diaryl/α,β-unsaturated/α-hetero) is 1. The summed E-state index contributed by atoms with van der Waals surface area (Å²) < 4.78 is 14.9. The molecule has 0 spiro atoms. The molecule has 4 rings (SSSR count). The SMILES string of the molecule is O=C(CC1C(=O)Nn2c1nc(-c1cccc(Cl)c1)cc2=O)c1ccccc1F. The molecule has 1 atom stereocenters. The Morgan fingerprint density at radius 3 is 2.68 bits per heavy atom. The van der Waals surface area contributed by atoms with Crippen molar-refractivity contribution >= 4 is 23.3 Å². The number of hydrogen-bond acceptors (Lipinski definition) is 4. The van der Waals surface area contributed by atoms with E-state index in [2.05, 4.69) is 10.4 Å². The minimum absolute atomic E-state index is 0.108. The van der Waals surface area contributed by atoms with Crippen LogP contribution in [0.1, 0.15) is 28.5 Å². The molecule has 1 aromatic heterocycles. The first-order valence-corrected chi connectivity index (χ1v) is 8.80. The van der Waals surface area contributed by atoms with Crippen LogP contribution in [0.2, 0.25) is 5.02 Å². The van der Waals surface area contributed by atoms with Crippen molar-refractivity contribution in [2.45, 2.75) is 12.3 Å². The first-order chi connectivity index (χ1) is 13.4. The Labute approximate surface area is 163 Å². The third-order valence-corrected chi connectivity index (χ3v) is 4.71. The fourth-order valence-corrected chi connectivity index (χ4v) is 3.30. The van der Waals surface area contributed by atoms with E-state index in [1.54, 1.807) is 30.3 Å². The molecular formula is C20H13ClFN3O3. The minimum Gasteiger partial charge on any atom is -0.294 e. The van der Waals surface area contributed by atoms with E-state index in [-0.39, 0.29) is 17.8 Å². The van der Waals surface area contributed by atoms with E-state index in [9.17, 15) is 18.8 Å². The highest BCUT2D eigenvalue weighted by molar-refractivity contribution is 6.30. The summed E-state index contributed by atoms with van der Waals surface area (Å²) in [4.78, 5) is 41.7. The van der Waals surface area contributed by atoms with Gasteiger partial charge in [-0.1, -0.05) is 35.9 Å². The molecule has 140 valence electrons. The van der Waals surface area contributed by atoms with Crippen LogP contribution in [0, 0.1) is 5.82 Å². The smallest absolute Gasteiger partial charge is 0.273 e. The van der Waals surface area contributed by atoms with Crippen molar-refractivity contribution < 1.29 is 14.0 Å². The number of nitrogens with one attached hydrogen (secondary N) is 1. The fourth-order valence-electron chi connectivity index (χ4n) is 3.11. The van der Waals surface area contributed by atoms with E-state index in [0.29, 0.717) is 16.3 Å². The molecule has 3 aromatic rings. The van der Waals surface area contributed by atoms with Gasteiger partial charge >= 0.3 is 0 Å². The predicted molar refractivity (Wildman–Crippen MR) is 101 cm³/mol. The van der Waals surface area contributed by atoms with E-state index < -0.39 is 29.0 Å². The molecule has 1 aliphatic heterocycles. The lowest BCUT2D eigenvalue weighted by atomic mass is 9.97. The number of fused-ring (bicyclic) bond motifs is 1. The van der Waals surface area contributed by atoms with Crippen molar-refractivity contribution in [2.24, 2.45) is 0 Å². The lowest BCUT2D eigenvalue weighted by Gasteiger charge is -2.09. The van der Waals surface area contributed by atoms with Crippen LogP contribution in [0.4, 0.5) is 4.39 Å². The van der Waals surface area contributed by atoms with E-state index >= 15 is 0 Å². The molecule has 1 aliphatic rings.